The van der Waals surface area contributed by atoms with Gasteiger partial charge in [-0.3, -0.25) is 0 Å². The molecule has 0 spiro atoms. The van der Waals surface area contributed by atoms with E-state index in [0.717, 1.165) is 6.42 Å². The van der Waals surface area contributed by atoms with Crippen LogP contribution < -0.4 is 4.74 Å². The van der Waals surface area contributed by atoms with Gasteiger partial charge in [-0.15, -0.1) is 0 Å². The van der Waals surface area contributed by atoms with Crippen LogP contribution in [0.3, 0.4) is 0 Å². The minimum atomic E-state index is -0.418. The van der Waals surface area contributed by atoms with Crippen LogP contribution in [0.25, 0.3) is 0 Å². The van der Waals surface area contributed by atoms with Crippen LogP contribution in [-0.2, 0) is 11.2 Å². The van der Waals surface area contributed by atoms with E-state index >= 15 is 0 Å². The maximum Gasteiger partial charge on any atom is 0.338 e. The van der Waals surface area contributed by atoms with Gasteiger partial charge in [-0.05, 0) is 43.5 Å². The van der Waals surface area contributed by atoms with Gasteiger partial charge >= 0.3 is 5.97 Å². The van der Waals surface area contributed by atoms with E-state index in [1.54, 1.807) is 6.92 Å². The molecule has 0 atom stereocenters. The fourth-order valence-corrected chi connectivity index (χ4v) is 2.42. The Labute approximate surface area is 140 Å². The molecule has 0 aliphatic rings. The Kier molecular flexibility index (Phi) is 10.0. The van der Waals surface area contributed by atoms with Crippen molar-refractivity contribution < 1.29 is 14.6 Å². The van der Waals surface area contributed by atoms with Crippen LogP contribution in [0, 0.1) is 0 Å². The van der Waals surface area contributed by atoms with E-state index in [4.69, 9.17) is 9.84 Å². The fourth-order valence-electron chi connectivity index (χ4n) is 2.42. The summed E-state index contributed by atoms with van der Waals surface area (Å²) < 4.78 is 5.25. The van der Waals surface area contributed by atoms with Crippen LogP contribution in [-0.4, -0.2) is 17.7 Å². The number of esters is 1. The first kappa shape index (κ1) is 19.4. The molecule has 0 aliphatic carbocycles. The van der Waals surface area contributed by atoms with Crippen molar-refractivity contribution in [3.05, 3.63) is 41.5 Å². The third-order valence-electron chi connectivity index (χ3n) is 3.92. The maximum absolute atomic E-state index is 11.7. The average Bonchev–Trinajstić information content (AvgIpc) is 2.55. The summed E-state index contributed by atoms with van der Waals surface area (Å²) in [6.07, 6.45) is 11.7. The monoisotopic (exact) mass is 318 g/mol. The molecule has 0 heterocycles. The normalized spacial score (nSPS) is 11.5. The van der Waals surface area contributed by atoms with Crippen LogP contribution in [0.15, 0.2) is 35.9 Å². The van der Waals surface area contributed by atoms with Gasteiger partial charge in [-0.25, -0.2) is 4.79 Å². The average molecular weight is 318 g/mol. The number of aliphatic hydroxyl groups excluding tert-OH is 1. The predicted octanol–water partition coefficient (Wildman–Crippen LogP) is 4.82. The van der Waals surface area contributed by atoms with Crippen molar-refractivity contribution in [2.75, 3.05) is 6.61 Å². The smallest absolute Gasteiger partial charge is 0.338 e. The molecule has 1 N–H and O–H groups in total. The first-order valence-electron chi connectivity index (χ1n) is 8.76. The lowest BCUT2D eigenvalue weighted by Crippen LogP contribution is -2.09. The number of carbonyl (C=O) groups excluding carboxylic acids is 1. The number of benzene rings is 1. The summed E-state index contributed by atoms with van der Waals surface area (Å²) in [7, 11) is 0. The van der Waals surface area contributed by atoms with Gasteiger partial charge in [-0.2, -0.15) is 0 Å². The minimum Gasteiger partial charge on any atom is -0.423 e. The highest BCUT2D eigenvalue weighted by molar-refractivity contribution is 5.89. The van der Waals surface area contributed by atoms with E-state index in [1.165, 1.54) is 56.6 Å². The molecule has 23 heavy (non-hydrogen) atoms. The molecule has 0 fully saturated rings. The molecule has 0 saturated carbocycles. The van der Waals surface area contributed by atoms with Crippen LogP contribution in [0.2, 0.25) is 0 Å². The summed E-state index contributed by atoms with van der Waals surface area (Å²) in [5, 5.41) is 8.77. The largest absolute Gasteiger partial charge is 0.423 e. The molecule has 3 nitrogen and oxygen atoms in total. The summed E-state index contributed by atoms with van der Waals surface area (Å²) in [5.74, 6) is 0.128. The van der Waals surface area contributed by atoms with Crippen LogP contribution in [0.5, 0.6) is 5.75 Å². The number of unbranched alkanes of at least 4 members (excludes halogenated alkanes) is 6. The molecule has 0 unspecified atom stereocenters. The lowest BCUT2D eigenvalue weighted by atomic mass is 10.0. The molecule has 0 bridgehead atoms. The Morgan fingerprint density at radius 3 is 2.26 bits per heavy atom. The number of carbonyl (C=O) groups is 1. The van der Waals surface area contributed by atoms with Gasteiger partial charge in [0.25, 0.3) is 0 Å². The predicted molar refractivity (Wildman–Crippen MR) is 94.6 cm³/mol. The molecule has 1 aromatic rings. The SMILES string of the molecule is CCCCCCCCCc1ccc(OC(=O)C(C)=CCO)cc1. The fraction of sp³-hybridized carbons (Fsp3) is 0.550. The lowest BCUT2D eigenvalue weighted by Gasteiger charge is -2.06. The highest BCUT2D eigenvalue weighted by atomic mass is 16.5. The second-order valence-corrected chi connectivity index (χ2v) is 5.97. The lowest BCUT2D eigenvalue weighted by molar-refractivity contribution is -0.130. The third-order valence-corrected chi connectivity index (χ3v) is 3.92. The van der Waals surface area contributed by atoms with Crippen molar-refractivity contribution in [1.29, 1.82) is 0 Å². The third kappa shape index (κ3) is 8.56. The summed E-state index contributed by atoms with van der Waals surface area (Å²) in [5.41, 5.74) is 1.70. The van der Waals surface area contributed by atoms with Gasteiger partial charge in [0.2, 0.25) is 0 Å². The first-order chi connectivity index (χ1) is 11.2. The summed E-state index contributed by atoms with van der Waals surface area (Å²) in [4.78, 5) is 11.7. The van der Waals surface area contributed by atoms with Crippen molar-refractivity contribution in [3.63, 3.8) is 0 Å². The Morgan fingerprint density at radius 1 is 1.04 bits per heavy atom. The highest BCUT2D eigenvalue weighted by Gasteiger charge is 2.06. The number of aryl methyl sites for hydroxylation is 1. The standard InChI is InChI=1S/C20H30O3/c1-3-4-5-6-7-8-9-10-18-11-13-19(14-12-18)23-20(22)17(2)15-16-21/h11-15,21H,3-10,16H2,1-2H3. The van der Waals surface area contributed by atoms with Gasteiger partial charge in [-0.1, -0.05) is 57.6 Å². The molecule has 1 rings (SSSR count). The van der Waals surface area contributed by atoms with E-state index in [0.29, 0.717) is 11.3 Å². The summed E-state index contributed by atoms with van der Waals surface area (Å²) in [6.45, 7) is 3.72. The zero-order valence-electron chi connectivity index (χ0n) is 14.5. The highest BCUT2D eigenvalue weighted by Crippen LogP contribution is 2.16. The van der Waals surface area contributed by atoms with E-state index in [2.05, 4.69) is 6.92 Å². The molecular weight excluding hydrogens is 288 g/mol. The number of ether oxygens (including phenoxy) is 1. The Hall–Kier alpha value is -1.61. The van der Waals surface area contributed by atoms with Gasteiger partial charge in [0.15, 0.2) is 0 Å². The quantitative estimate of drug-likeness (QED) is 0.275. The minimum absolute atomic E-state index is 0.154. The zero-order valence-corrected chi connectivity index (χ0v) is 14.5. The van der Waals surface area contributed by atoms with Gasteiger partial charge in [0.05, 0.1) is 6.61 Å². The van der Waals surface area contributed by atoms with E-state index in [9.17, 15) is 4.79 Å². The van der Waals surface area contributed by atoms with Gasteiger partial charge in [0.1, 0.15) is 5.75 Å². The number of hydrogen-bond acceptors (Lipinski definition) is 3. The molecule has 0 aromatic heterocycles. The van der Waals surface area contributed by atoms with Crippen LogP contribution >= 0.6 is 0 Å². The second kappa shape index (κ2) is 11.9. The topological polar surface area (TPSA) is 46.5 Å². The molecule has 0 saturated heterocycles. The molecule has 128 valence electrons. The molecule has 0 aliphatic heterocycles. The molecule has 0 radical (unpaired) electrons. The molecule has 0 amide bonds. The van der Waals surface area contributed by atoms with Crippen molar-refractivity contribution in [2.45, 2.75) is 65.2 Å². The number of hydrogen-bond donors (Lipinski definition) is 1. The van der Waals surface area contributed by atoms with Crippen LogP contribution in [0.4, 0.5) is 0 Å². The van der Waals surface area contributed by atoms with E-state index in [-0.39, 0.29) is 6.61 Å². The van der Waals surface area contributed by atoms with Crippen molar-refractivity contribution in [3.8, 4) is 5.75 Å². The molecule has 3 heteroatoms. The summed E-state index contributed by atoms with van der Waals surface area (Å²) in [6, 6.07) is 7.71. The van der Waals surface area contributed by atoms with Crippen molar-refractivity contribution >= 4 is 5.97 Å². The van der Waals surface area contributed by atoms with E-state index in [1.807, 2.05) is 24.3 Å². The van der Waals surface area contributed by atoms with E-state index < -0.39 is 5.97 Å². The maximum atomic E-state index is 11.7. The van der Waals surface area contributed by atoms with Gasteiger partial charge in [0, 0.05) is 5.57 Å². The number of rotatable bonds is 11. The van der Waals surface area contributed by atoms with Crippen LogP contribution in [0.1, 0.15) is 64.4 Å². The Bertz CT molecular complexity index is 474. The first-order valence-corrected chi connectivity index (χ1v) is 8.76. The Balaban J connectivity index is 2.28. The molecule has 1 aromatic carbocycles. The Morgan fingerprint density at radius 2 is 1.65 bits per heavy atom. The second-order valence-electron chi connectivity index (χ2n) is 5.97. The van der Waals surface area contributed by atoms with Crippen molar-refractivity contribution in [2.24, 2.45) is 0 Å². The van der Waals surface area contributed by atoms with Crippen molar-refractivity contribution in [1.82, 2.24) is 0 Å². The zero-order chi connectivity index (χ0) is 16.9. The summed E-state index contributed by atoms with van der Waals surface area (Å²) >= 11 is 0. The number of aliphatic hydroxyl groups is 1. The molecular formula is C20H30O3. The van der Waals surface area contributed by atoms with Gasteiger partial charge < -0.3 is 9.84 Å².